The highest BCUT2D eigenvalue weighted by Gasteiger charge is 2.17. The van der Waals surface area contributed by atoms with Crippen LogP contribution in [0.3, 0.4) is 0 Å². The van der Waals surface area contributed by atoms with Crippen molar-refractivity contribution in [3.8, 4) is 10.6 Å². The summed E-state index contributed by atoms with van der Waals surface area (Å²) in [7, 11) is 2.11. The van der Waals surface area contributed by atoms with Crippen LogP contribution in [0.4, 0.5) is 0 Å². The monoisotopic (exact) mass is 304 g/mol. The molecule has 2 heterocycles. The topological polar surface area (TPSA) is 34.6 Å². The van der Waals surface area contributed by atoms with E-state index in [0.29, 0.717) is 13.2 Å². The van der Waals surface area contributed by atoms with E-state index in [1.165, 1.54) is 10.4 Å². The normalized spacial score (nSPS) is 19.0. The number of likely N-dealkylation sites (N-methyl/N-ethyl adjacent to an activating group) is 1. The summed E-state index contributed by atoms with van der Waals surface area (Å²) in [6.45, 7) is 3.90. The molecule has 2 aromatic rings. The summed E-state index contributed by atoms with van der Waals surface area (Å²) in [6, 6.07) is 10.3. The minimum Gasteiger partial charge on any atom is -0.376 e. The van der Waals surface area contributed by atoms with Gasteiger partial charge in [-0.15, -0.1) is 11.3 Å². The average Bonchev–Trinajstić information content (AvgIpc) is 2.97. The van der Waals surface area contributed by atoms with E-state index in [9.17, 15) is 0 Å². The van der Waals surface area contributed by atoms with Crippen LogP contribution in [0.1, 0.15) is 4.88 Å². The van der Waals surface area contributed by atoms with E-state index in [1.807, 2.05) is 24.4 Å². The van der Waals surface area contributed by atoms with Crippen LogP contribution in [0.2, 0.25) is 0 Å². The fraction of sp³-hybridized carbons (Fsp3) is 0.438. The molecule has 1 unspecified atom stereocenters. The Morgan fingerprint density at radius 1 is 1.29 bits per heavy atom. The molecule has 1 aliphatic heterocycles. The van der Waals surface area contributed by atoms with Gasteiger partial charge in [0.2, 0.25) is 0 Å². The number of aromatic nitrogens is 1. The molecule has 4 nitrogen and oxygen atoms in total. The number of hydrogen-bond donors (Lipinski definition) is 0. The van der Waals surface area contributed by atoms with Gasteiger partial charge in [-0.2, -0.15) is 0 Å². The SMILES string of the molecule is CN(Cc1cnc(-c2ccccc2)s1)CC1COCCO1. The summed E-state index contributed by atoms with van der Waals surface area (Å²) < 4.78 is 11.1. The van der Waals surface area contributed by atoms with Crippen molar-refractivity contribution in [2.45, 2.75) is 12.6 Å². The largest absolute Gasteiger partial charge is 0.376 e. The Hall–Kier alpha value is -1.27. The van der Waals surface area contributed by atoms with E-state index >= 15 is 0 Å². The van der Waals surface area contributed by atoms with E-state index < -0.39 is 0 Å². The van der Waals surface area contributed by atoms with Gasteiger partial charge >= 0.3 is 0 Å². The van der Waals surface area contributed by atoms with Crippen molar-refractivity contribution < 1.29 is 9.47 Å². The zero-order valence-corrected chi connectivity index (χ0v) is 13.0. The molecule has 21 heavy (non-hydrogen) atoms. The summed E-state index contributed by atoms with van der Waals surface area (Å²) in [5.41, 5.74) is 1.18. The third-order valence-corrected chi connectivity index (χ3v) is 4.43. The van der Waals surface area contributed by atoms with Crippen LogP contribution in [0.15, 0.2) is 36.5 Å². The van der Waals surface area contributed by atoms with Crippen molar-refractivity contribution in [3.05, 3.63) is 41.4 Å². The minimum atomic E-state index is 0.185. The molecular formula is C16H20N2O2S. The van der Waals surface area contributed by atoms with Crippen molar-refractivity contribution >= 4 is 11.3 Å². The summed E-state index contributed by atoms with van der Waals surface area (Å²) in [5.74, 6) is 0. The van der Waals surface area contributed by atoms with E-state index in [4.69, 9.17) is 9.47 Å². The molecule has 112 valence electrons. The summed E-state index contributed by atoms with van der Waals surface area (Å²) in [5, 5.41) is 1.08. The van der Waals surface area contributed by atoms with Gasteiger partial charge in [0.25, 0.3) is 0 Å². The predicted octanol–water partition coefficient (Wildman–Crippen LogP) is 2.66. The van der Waals surface area contributed by atoms with Crippen molar-refractivity contribution in [3.63, 3.8) is 0 Å². The smallest absolute Gasteiger partial charge is 0.123 e. The predicted molar refractivity (Wildman–Crippen MR) is 84.4 cm³/mol. The quantitative estimate of drug-likeness (QED) is 0.850. The van der Waals surface area contributed by atoms with Crippen LogP contribution in [-0.2, 0) is 16.0 Å². The third kappa shape index (κ3) is 4.11. The Kier molecular flexibility index (Phi) is 4.98. The van der Waals surface area contributed by atoms with Gasteiger partial charge in [-0.1, -0.05) is 30.3 Å². The molecule has 1 saturated heterocycles. The van der Waals surface area contributed by atoms with Crippen molar-refractivity contribution in [2.24, 2.45) is 0 Å². The number of ether oxygens (including phenoxy) is 2. The molecule has 0 aliphatic carbocycles. The maximum absolute atomic E-state index is 5.68. The molecule has 3 rings (SSSR count). The number of nitrogens with zero attached hydrogens (tertiary/aromatic N) is 2. The molecule has 0 spiro atoms. The van der Waals surface area contributed by atoms with Crippen molar-refractivity contribution in [2.75, 3.05) is 33.4 Å². The average molecular weight is 304 g/mol. The van der Waals surface area contributed by atoms with Crippen LogP contribution < -0.4 is 0 Å². The molecule has 1 aromatic carbocycles. The van der Waals surface area contributed by atoms with E-state index in [-0.39, 0.29) is 6.10 Å². The molecule has 0 amide bonds. The third-order valence-electron chi connectivity index (χ3n) is 3.40. The molecule has 1 aromatic heterocycles. The van der Waals surface area contributed by atoms with Crippen molar-refractivity contribution in [1.82, 2.24) is 9.88 Å². The molecule has 1 fully saturated rings. The fourth-order valence-electron chi connectivity index (χ4n) is 2.42. The maximum atomic E-state index is 5.68. The first-order valence-corrected chi connectivity index (χ1v) is 8.01. The Labute approximate surface area is 129 Å². The van der Waals surface area contributed by atoms with Gasteiger partial charge in [-0.3, -0.25) is 4.90 Å². The lowest BCUT2D eigenvalue weighted by atomic mass is 10.2. The molecule has 0 radical (unpaired) electrons. The van der Waals surface area contributed by atoms with Gasteiger partial charge in [0, 0.05) is 29.7 Å². The van der Waals surface area contributed by atoms with Crippen LogP contribution in [0, 0.1) is 0 Å². The molecule has 1 aliphatic rings. The first-order valence-electron chi connectivity index (χ1n) is 7.19. The second kappa shape index (κ2) is 7.13. The molecule has 5 heteroatoms. The summed E-state index contributed by atoms with van der Waals surface area (Å²) >= 11 is 1.75. The number of thiazole rings is 1. The highest BCUT2D eigenvalue weighted by atomic mass is 32.1. The molecule has 0 saturated carbocycles. The Morgan fingerprint density at radius 3 is 2.90 bits per heavy atom. The highest BCUT2D eigenvalue weighted by molar-refractivity contribution is 7.15. The van der Waals surface area contributed by atoms with E-state index in [0.717, 1.165) is 24.7 Å². The van der Waals surface area contributed by atoms with Crippen molar-refractivity contribution in [1.29, 1.82) is 0 Å². The molecule has 0 bridgehead atoms. The number of hydrogen-bond acceptors (Lipinski definition) is 5. The van der Waals surface area contributed by atoms with Gasteiger partial charge in [0.15, 0.2) is 0 Å². The minimum absolute atomic E-state index is 0.185. The Bertz CT molecular complexity index is 552. The van der Waals surface area contributed by atoms with E-state index in [1.54, 1.807) is 11.3 Å². The Balaban J connectivity index is 1.56. The second-order valence-electron chi connectivity index (χ2n) is 5.26. The molecular weight excluding hydrogens is 284 g/mol. The fourth-order valence-corrected chi connectivity index (χ4v) is 3.41. The molecule has 0 N–H and O–H groups in total. The first kappa shape index (κ1) is 14.7. The van der Waals surface area contributed by atoms with Gasteiger partial charge < -0.3 is 9.47 Å². The van der Waals surface area contributed by atoms with E-state index in [2.05, 4.69) is 29.1 Å². The molecule has 1 atom stereocenters. The van der Waals surface area contributed by atoms with Gasteiger partial charge in [0.05, 0.1) is 25.9 Å². The lowest BCUT2D eigenvalue weighted by Crippen LogP contribution is -2.38. The number of rotatable bonds is 5. The Morgan fingerprint density at radius 2 is 2.14 bits per heavy atom. The van der Waals surface area contributed by atoms with Crippen LogP contribution in [0.25, 0.3) is 10.6 Å². The zero-order chi connectivity index (χ0) is 14.5. The van der Waals surface area contributed by atoms with Gasteiger partial charge in [0.1, 0.15) is 5.01 Å². The standard InChI is InChI=1S/C16H20N2O2S/c1-18(10-14-12-19-7-8-20-14)11-15-9-17-16(21-15)13-5-3-2-4-6-13/h2-6,9,14H,7-8,10-12H2,1H3. The summed E-state index contributed by atoms with van der Waals surface area (Å²) in [6.07, 6.45) is 2.16. The maximum Gasteiger partial charge on any atom is 0.123 e. The lowest BCUT2D eigenvalue weighted by Gasteiger charge is -2.27. The lowest BCUT2D eigenvalue weighted by molar-refractivity contribution is -0.0962. The van der Waals surface area contributed by atoms with Gasteiger partial charge in [-0.05, 0) is 7.05 Å². The van der Waals surface area contributed by atoms with Crippen LogP contribution >= 0.6 is 11.3 Å². The highest BCUT2D eigenvalue weighted by Crippen LogP contribution is 2.25. The van der Waals surface area contributed by atoms with Crippen LogP contribution in [-0.4, -0.2) is 49.4 Å². The number of benzene rings is 1. The summed E-state index contributed by atoms with van der Waals surface area (Å²) in [4.78, 5) is 8.06. The van der Waals surface area contributed by atoms with Gasteiger partial charge in [-0.25, -0.2) is 4.98 Å². The van der Waals surface area contributed by atoms with Crippen LogP contribution in [0.5, 0.6) is 0 Å². The second-order valence-corrected chi connectivity index (χ2v) is 6.38. The zero-order valence-electron chi connectivity index (χ0n) is 12.2. The first-order chi connectivity index (χ1) is 10.3.